The molecule has 0 spiro atoms. The minimum Gasteiger partial charge on any atom is -0.456 e. The Labute approximate surface area is 164 Å². The van der Waals surface area contributed by atoms with Crippen LogP contribution >= 0.6 is 0 Å². The lowest BCUT2D eigenvalue weighted by Crippen LogP contribution is -2.31. The molecule has 7 nitrogen and oxygen atoms in total. The van der Waals surface area contributed by atoms with Crippen molar-refractivity contribution in [3.05, 3.63) is 58.9 Å². The lowest BCUT2D eigenvalue weighted by molar-refractivity contribution is -0.141. The molecule has 0 aliphatic heterocycles. The molecule has 1 heterocycles. The van der Waals surface area contributed by atoms with E-state index < -0.39 is 5.97 Å². The van der Waals surface area contributed by atoms with Crippen molar-refractivity contribution < 1.29 is 23.9 Å². The Bertz CT molecular complexity index is 842. The molecule has 0 unspecified atom stereocenters. The fourth-order valence-corrected chi connectivity index (χ4v) is 3.17. The summed E-state index contributed by atoms with van der Waals surface area (Å²) >= 11 is 0. The number of nitrogens with one attached hydrogen (secondary N) is 1. The molecule has 2 aromatic rings. The second-order valence-corrected chi connectivity index (χ2v) is 6.59. The molecule has 1 atom stereocenters. The molecule has 0 saturated carbocycles. The molecule has 0 fully saturated rings. The number of hydrogen-bond acceptors (Lipinski definition) is 5. The number of hydrogen-bond donors (Lipinski definition) is 1. The van der Waals surface area contributed by atoms with Crippen molar-refractivity contribution in [1.29, 1.82) is 0 Å². The minimum atomic E-state index is -0.667. The van der Waals surface area contributed by atoms with Gasteiger partial charge in [-0.2, -0.15) is 0 Å². The van der Waals surface area contributed by atoms with Gasteiger partial charge in [-0.25, -0.2) is 0 Å². The number of carbonyl (C=O) groups is 3. The van der Waals surface area contributed by atoms with Crippen LogP contribution in [0.4, 0.5) is 0 Å². The lowest BCUT2D eigenvalue weighted by Gasteiger charge is -2.17. The number of rotatable bonds is 9. The molecule has 150 valence electrons. The Morgan fingerprint density at radius 2 is 1.82 bits per heavy atom. The normalized spacial score (nSPS) is 11.7. The average Bonchev–Trinajstić information content (AvgIpc) is 2.99. The van der Waals surface area contributed by atoms with Crippen LogP contribution in [0.1, 0.15) is 45.1 Å². The monoisotopic (exact) mass is 386 g/mol. The predicted molar refractivity (Wildman–Crippen MR) is 105 cm³/mol. The number of benzene rings is 1. The maximum absolute atomic E-state index is 12.5. The van der Waals surface area contributed by atoms with E-state index >= 15 is 0 Å². The molecule has 1 N–H and O–H groups in total. The number of aromatic nitrogens is 1. The molecule has 1 aromatic heterocycles. The van der Waals surface area contributed by atoms with Gasteiger partial charge < -0.3 is 19.4 Å². The summed E-state index contributed by atoms with van der Waals surface area (Å²) in [7, 11) is 1.63. The van der Waals surface area contributed by atoms with E-state index in [9.17, 15) is 14.4 Å². The number of nitrogens with zero attached hydrogens (tertiary/aromatic N) is 1. The van der Waals surface area contributed by atoms with E-state index in [4.69, 9.17) is 9.47 Å². The number of methoxy groups -OCH3 is 1. The van der Waals surface area contributed by atoms with Crippen LogP contribution in [-0.4, -0.2) is 49.1 Å². The van der Waals surface area contributed by atoms with E-state index in [0.29, 0.717) is 17.7 Å². The van der Waals surface area contributed by atoms with Gasteiger partial charge in [0.15, 0.2) is 6.61 Å². The van der Waals surface area contributed by atoms with Crippen LogP contribution in [0, 0.1) is 13.8 Å². The van der Waals surface area contributed by atoms with Gasteiger partial charge in [0.25, 0.3) is 5.91 Å². The maximum atomic E-state index is 12.5. The number of esters is 1. The highest BCUT2D eigenvalue weighted by atomic mass is 16.5. The summed E-state index contributed by atoms with van der Waals surface area (Å²) in [5.41, 5.74) is 2.71. The van der Waals surface area contributed by atoms with Crippen LogP contribution in [0.5, 0.6) is 0 Å². The molecule has 28 heavy (non-hydrogen) atoms. The van der Waals surface area contributed by atoms with Gasteiger partial charge in [-0.3, -0.25) is 14.4 Å². The van der Waals surface area contributed by atoms with Crippen molar-refractivity contribution in [3.8, 4) is 0 Å². The molecule has 0 aliphatic carbocycles. The molecule has 0 saturated heterocycles. The first-order valence-corrected chi connectivity index (χ1v) is 9.04. The Balaban J connectivity index is 1.89. The summed E-state index contributed by atoms with van der Waals surface area (Å²) in [5.74, 6) is -1.33. The van der Waals surface area contributed by atoms with Crippen molar-refractivity contribution in [2.45, 2.75) is 26.8 Å². The van der Waals surface area contributed by atoms with Crippen molar-refractivity contribution in [2.24, 2.45) is 0 Å². The highest BCUT2D eigenvalue weighted by Gasteiger charge is 2.20. The van der Waals surface area contributed by atoms with Gasteiger partial charge in [-0.05, 0) is 39.0 Å². The van der Waals surface area contributed by atoms with E-state index in [0.717, 1.165) is 11.4 Å². The number of ketones is 1. The summed E-state index contributed by atoms with van der Waals surface area (Å²) < 4.78 is 12.2. The predicted octanol–water partition coefficient (Wildman–Crippen LogP) is 2.47. The van der Waals surface area contributed by atoms with E-state index in [1.54, 1.807) is 43.5 Å². The van der Waals surface area contributed by atoms with E-state index in [2.05, 4.69) is 5.32 Å². The number of amides is 1. The summed E-state index contributed by atoms with van der Waals surface area (Å²) in [4.78, 5) is 36.2. The Morgan fingerprint density at radius 1 is 1.14 bits per heavy atom. The first-order valence-electron chi connectivity index (χ1n) is 9.04. The lowest BCUT2D eigenvalue weighted by atomic mass is 10.1. The van der Waals surface area contributed by atoms with Gasteiger partial charge in [0, 0.05) is 29.6 Å². The zero-order valence-corrected chi connectivity index (χ0v) is 16.7. The number of ether oxygens (including phenoxy) is 2. The fraction of sp³-hybridized carbons (Fsp3) is 0.381. The van der Waals surface area contributed by atoms with Crippen LogP contribution in [0.15, 0.2) is 36.4 Å². The summed E-state index contributed by atoms with van der Waals surface area (Å²) in [5, 5.41) is 2.47. The molecule has 1 amide bonds. The SMILES string of the molecule is COC[C@H](C)n1c(C)cc(C(=O)COC(=O)CNC(=O)c2ccccc2)c1C. The minimum absolute atomic E-state index is 0.0855. The van der Waals surface area contributed by atoms with Gasteiger partial charge >= 0.3 is 5.97 Å². The molecule has 0 aliphatic rings. The van der Waals surface area contributed by atoms with Gasteiger partial charge in [0.1, 0.15) is 6.54 Å². The number of Topliss-reactive ketones (excluding diaryl/α,β-unsaturated/α-hetero) is 1. The Hall–Kier alpha value is -2.93. The fourth-order valence-electron chi connectivity index (χ4n) is 3.17. The third-order valence-corrected chi connectivity index (χ3v) is 4.43. The summed E-state index contributed by atoms with van der Waals surface area (Å²) in [6.07, 6.45) is 0. The van der Waals surface area contributed by atoms with Gasteiger partial charge in [0.2, 0.25) is 5.78 Å². The molecule has 2 rings (SSSR count). The van der Waals surface area contributed by atoms with E-state index in [1.165, 1.54) is 0 Å². The molecule has 1 aromatic carbocycles. The molecule has 7 heteroatoms. The molecular weight excluding hydrogens is 360 g/mol. The van der Waals surface area contributed by atoms with Crippen LogP contribution in [0.25, 0.3) is 0 Å². The molecule has 0 bridgehead atoms. The zero-order valence-electron chi connectivity index (χ0n) is 16.7. The van der Waals surface area contributed by atoms with Crippen LogP contribution in [0.2, 0.25) is 0 Å². The van der Waals surface area contributed by atoms with Crippen LogP contribution in [-0.2, 0) is 14.3 Å². The van der Waals surface area contributed by atoms with Crippen molar-refractivity contribution >= 4 is 17.7 Å². The highest BCUT2D eigenvalue weighted by Crippen LogP contribution is 2.21. The third kappa shape index (κ3) is 5.29. The van der Waals surface area contributed by atoms with Gasteiger partial charge in [0.05, 0.1) is 12.6 Å². The first kappa shape index (κ1) is 21.4. The quantitative estimate of drug-likeness (QED) is 0.528. The first-order chi connectivity index (χ1) is 13.3. The summed E-state index contributed by atoms with van der Waals surface area (Å²) in [6, 6.07) is 10.4. The van der Waals surface area contributed by atoms with Crippen molar-refractivity contribution in [3.63, 3.8) is 0 Å². The smallest absolute Gasteiger partial charge is 0.325 e. The Kier molecular flexibility index (Phi) is 7.52. The Morgan fingerprint density at radius 3 is 2.46 bits per heavy atom. The van der Waals surface area contributed by atoms with Gasteiger partial charge in [-0.15, -0.1) is 0 Å². The average molecular weight is 386 g/mol. The van der Waals surface area contributed by atoms with Crippen molar-refractivity contribution in [2.75, 3.05) is 26.9 Å². The van der Waals surface area contributed by atoms with Crippen LogP contribution < -0.4 is 5.32 Å². The molecule has 0 radical (unpaired) electrons. The van der Waals surface area contributed by atoms with Gasteiger partial charge in [-0.1, -0.05) is 18.2 Å². The summed E-state index contributed by atoms with van der Waals surface area (Å²) in [6.45, 7) is 5.64. The topological polar surface area (TPSA) is 86.6 Å². The van der Waals surface area contributed by atoms with E-state index in [1.807, 2.05) is 25.3 Å². The number of aryl methyl sites for hydroxylation is 1. The van der Waals surface area contributed by atoms with Crippen molar-refractivity contribution in [1.82, 2.24) is 9.88 Å². The molecular formula is C21H26N2O5. The second kappa shape index (κ2) is 9.85. The van der Waals surface area contributed by atoms with E-state index in [-0.39, 0.29) is 30.9 Å². The maximum Gasteiger partial charge on any atom is 0.325 e. The second-order valence-electron chi connectivity index (χ2n) is 6.59. The van der Waals surface area contributed by atoms with Crippen LogP contribution in [0.3, 0.4) is 0 Å². The largest absolute Gasteiger partial charge is 0.456 e. The number of carbonyl (C=O) groups excluding carboxylic acids is 3. The standard InChI is InChI=1S/C21H26N2O5/c1-14-10-18(16(3)23(14)15(2)12-27-4)19(24)13-28-20(25)11-22-21(26)17-8-6-5-7-9-17/h5-10,15H,11-13H2,1-4H3,(H,22,26)/t15-/m0/s1. The third-order valence-electron chi connectivity index (χ3n) is 4.43. The highest BCUT2D eigenvalue weighted by molar-refractivity contribution is 6.00. The zero-order chi connectivity index (χ0) is 20.7.